The topological polar surface area (TPSA) is 60.4 Å². The quantitative estimate of drug-likeness (QED) is 0.791. The summed E-state index contributed by atoms with van der Waals surface area (Å²) in [5.41, 5.74) is 0. The Kier molecular flexibility index (Phi) is 3.34. The zero-order valence-corrected chi connectivity index (χ0v) is 10.9. The summed E-state index contributed by atoms with van der Waals surface area (Å²) in [5, 5.41) is 0. The Labute approximate surface area is 109 Å². The molecule has 1 saturated carbocycles. The highest BCUT2D eigenvalue weighted by Crippen LogP contribution is 2.56. The van der Waals surface area contributed by atoms with Crippen LogP contribution in [-0.4, -0.2) is 32.7 Å². The lowest BCUT2D eigenvalue weighted by Crippen LogP contribution is -2.37. The Morgan fingerprint density at radius 2 is 1.95 bits per heavy atom. The monoisotopic (exact) mass is 290 g/mol. The van der Waals surface area contributed by atoms with E-state index < -0.39 is 39.3 Å². The molecule has 4 nitrogen and oxygen atoms in total. The number of benzene rings is 1. The number of ether oxygens (including phenoxy) is 1. The number of sulfone groups is 1. The summed E-state index contributed by atoms with van der Waals surface area (Å²) in [5.74, 6) is -2.63. The van der Waals surface area contributed by atoms with E-state index in [0.717, 1.165) is 7.11 Å². The molecule has 0 spiro atoms. The summed E-state index contributed by atoms with van der Waals surface area (Å²) in [6.07, 6.45) is -3.29. The van der Waals surface area contributed by atoms with Crippen molar-refractivity contribution in [2.75, 3.05) is 7.11 Å². The first-order valence-electron chi connectivity index (χ1n) is 5.54. The van der Waals surface area contributed by atoms with E-state index in [1.807, 2.05) is 0 Å². The van der Waals surface area contributed by atoms with Crippen molar-refractivity contribution in [3.63, 3.8) is 0 Å². The summed E-state index contributed by atoms with van der Waals surface area (Å²) in [7, 11) is -3.20. The van der Waals surface area contributed by atoms with Gasteiger partial charge < -0.3 is 4.74 Å². The minimum absolute atomic E-state index is 0.149. The van der Waals surface area contributed by atoms with Crippen molar-refractivity contribution in [3.8, 4) is 0 Å². The van der Waals surface area contributed by atoms with Crippen LogP contribution in [0.15, 0.2) is 35.2 Å². The predicted molar refractivity (Wildman–Crippen MR) is 62.5 cm³/mol. The molecule has 2 unspecified atom stereocenters. The van der Waals surface area contributed by atoms with Gasteiger partial charge >= 0.3 is 5.97 Å². The van der Waals surface area contributed by atoms with Crippen molar-refractivity contribution in [2.45, 2.75) is 22.5 Å². The largest absolute Gasteiger partial charge is 0.468 e. The highest BCUT2D eigenvalue weighted by atomic mass is 32.2. The van der Waals surface area contributed by atoms with Crippen LogP contribution in [0.5, 0.6) is 0 Å². The third kappa shape index (κ3) is 1.92. The zero-order valence-electron chi connectivity index (χ0n) is 10.0. The van der Waals surface area contributed by atoms with Crippen LogP contribution in [0.3, 0.4) is 0 Å². The first kappa shape index (κ1) is 13.9. The first-order valence-corrected chi connectivity index (χ1v) is 7.02. The molecule has 1 aromatic carbocycles. The molecule has 0 aliphatic heterocycles. The summed E-state index contributed by atoms with van der Waals surface area (Å²) in [6.45, 7) is 0. The highest BCUT2D eigenvalue weighted by molar-refractivity contribution is 7.94. The van der Waals surface area contributed by atoms with E-state index in [0.29, 0.717) is 0 Å². The van der Waals surface area contributed by atoms with Crippen LogP contribution in [-0.2, 0) is 19.4 Å². The molecular formula is C12H12F2O4S. The minimum atomic E-state index is -4.19. The fraction of sp³-hybridized carbons (Fsp3) is 0.417. The molecule has 7 heteroatoms. The van der Waals surface area contributed by atoms with Crippen molar-refractivity contribution in [3.05, 3.63) is 30.3 Å². The molecule has 0 N–H and O–H groups in total. The number of esters is 1. The fourth-order valence-corrected chi connectivity index (χ4v) is 4.34. The molecule has 0 heterocycles. The summed E-state index contributed by atoms with van der Waals surface area (Å²) >= 11 is 0. The molecule has 1 aromatic rings. The maximum Gasteiger partial charge on any atom is 0.328 e. The Hall–Kier alpha value is -1.50. The third-order valence-corrected chi connectivity index (χ3v) is 5.82. The molecule has 1 fully saturated rings. The highest BCUT2D eigenvalue weighted by Gasteiger charge is 2.73. The maximum absolute atomic E-state index is 12.8. The average molecular weight is 290 g/mol. The number of halogens is 2. The van der Waals surface area contributed by atoms with E-state index in [2.05, 4.69) is 4.74 Å². The second-order valence-corrected chi connectivity index (χ2v) is 6.55. The second-order valence-electron chi connectivity index (χ2n) is 4.34. The number of carbonyl (C=O) groups excluding carboxylic acids is 1. The standard InChI is InChI=1S/C12H12F2O4S/c1-18-11(15)12(7-9(12)10(13)14)19(16,17)8-5-3-2-4-6-8/h2-6,9-10H,7H2,1H3. The van der Waals surface area contributed by atoms with E-state index in [9.17, 15) is 22.0 Å². The van der Waals surface area contributed by atoms with Crippen LogP contribution in [0.25, 0.3) is 0 Å². The molecule has 0 aromatic heterocycles. The van der Waals surface area contributed by atoms with Crippen LogP contribution < -0.4 is 0 Å². The lowest BCUT2D eigenvalue weighted by Gasteiger charge is -2.15. The molecule has 0 radical (unpaired) electrons. The molecule has 104 valence electrons. The van der Waals surface area contributed by atoms with Crippen molar-refractivity contribution in [1.29, 1.82) is 0 Å². The van der Waals surface area contributed by atoms with Gasteiger partial charge in [-0.3, -0.25) is 4.79 Å². The fourth-order valence-electron chi connectivity index (χ4n) is 2.20. The van der Waals surface area contributed by atoms with Crippen molar-refractivity contribution in [2.24, 2.45) is 5.92 Å². The van der Waals surface area contributed by atoms with Crippen LogP contribution in [0.4, 0.5) is 8.78 Å². The van der Waals surface area contributed by atoms with E-state index in [1.54, 1.807) is 6.07 Å². The predicted octanol–water partition coefficient (Wildman–Crippen LogP) is 1.66. The van der Waals surface area contributed by atoms with E-state index in [1.165, 1.54) is 24.3 Å². The van der Waals surface area contributed by atoms with Gasteiger partial charge in [0.1, 0.15) is 0 Å². The van der Waals surface area contributed by atoms with Crippen LogP contribution in [0.2, 0.25) is 0 Å². The van der Waals surface area contributed by atoms with Crippen LogP contribution in [0.1, 0.15) is 6.42 Å². The Bertz CT molecular complexity index is 585. The maximum atomic E-state index is 12.8. The Morgan fingerprint density at radius 3 is 2.37 bits per heavy atom. The lowest BCUT2D eigenvalue weighted by molar-refractivity contribution is -0.141. The van der Waals surface area contributed by atoms with Gasteiger partial charge in [-0.15, -0.1) is 0 Å². The molecule has 0 amide bonds. The number of hydrogen-bond acceptors (Lipinski definition) is 4. The minimum Gasteiger partial charge on any atom is -0.468 e. The van der Waals surface area contributed by atoms with Gasteiger partial charge in [-0.05, 0) is 18.6 Å². The molecular weight excluding hydrogens is 278 g/mol. The molecule has 1 aliphatic rings. The van der Waals surface area contributed by atoms with Gasteiger partial charge in [0.05, 0.1) is 17.9 Å². The van der Waals surface area contributed by atoms with Crippen molar-refractivity contribution >= 4 is 15.8 Å². The number of rotatable bonds is 4. The lowest BCUT2D eigenvalue weighted by atomic mass is 10.3. The summed E-state index contributed by atoms with van der Waals surface area (Å²) in [4.78, 5) is 11.5. The smallest absolute Gasteiger partial charge is 0.328 e. The van der Waals surface area contributed by atoms with Crippen molar-refractivity contribution < 1.29 is 26.7 Å². The van der Waals surface area contributed by atoms with Gasteiger partial charge in [0.15, 0.2) is 14.6 Å². The molecule has 19 heavy (non-hydrogen) atoms. The summed E-state index contributed by atoms with van der Waals surface area (Å²) < 4.78 is 52.6. The average Bonchev–Trinajstić information content (AvgIpc) is 3.16. The zero-order chi connectivity index (χ0) is 14.3. The van der Waals surface area contributed by atoms with E-state index >= 15 is 0 Å². The SMILES string of the molecule is COC(=O)C1(S(=O)(=O)c2ccccc2)CC1C(F)F. The summed E-state index contributed by atoms with van der Waals surface area (Å²) in [6, 6.07) is 7.10. The third-order valence-electron chi connectivity index (χ3n) is 3.33. The number of hydrogen-bond donors (Lipinski definition) is 0. The number of alkyl halides is 2. The number of methoxy groups -OCH3 is 1. The molecule has 2 atom stereocenters. The van der Waals surface area contributed by atoms with Crippen LogP contribution in [0, 0.1) is 5.92 Å². The first-order chi connectivity index (χ1) is 8.88. The number of carbonyl (C=O) groups is 1. The Morgan fingerprint density at radius 1 is 1.37 bits per heavy atom. The van der Waals surface area contributed by atoms with Gasteiger partial charge in [-0.1, -0.05) is 18.2 Å². The Balaban J connectivity index is 2.51. The van der Waals surface area contributed by atoms with Gasteiger partial charge in [0.2, 0.25) is 6.43 Å². The molecule has 0 saturated heterocycles. The molecule has 2 rings (SSSR count). The van der Waals surface area contributed by atoms with Gasteiger partial charge in [-0.25, -0.2) is 17.2 Å². The normalized spacial score (nSPS) is 26.2. The molecule has 1 aliphatic carbocycles. The second kappa shape index (κ2) is 4.56. The van der Waals surface area contributed by atoms with E-state index in [4.69, 9.17) is 0 Å². The van der Waals surface area contributed by atoms with Crippen molar-refractivity contribution in [1.82, 2.24) is 0 Å². The van der Waals surface area contributed by atoms with Gasteiger partial charge in [-0.2, -0.15) is 0 Å². The van der Waals surface area contributed by atoms with Gasteiger partial charge in [0, 0.05) is 0 Å². The molecule has 0 bridgehead atoms. The van der Waals surface area contributed by atoms with Crippen LogP contribution >= 0.6 is 0 Å². The van der Waals surface area contributed by atoms with E-state index in [-0.39, 0.29) is 4.90 Å². The van der Waals surface area contributed by atoms with Gasteiger partial charge in [0.25, 0.3) is 0 Å².